The quantitative estimate of drug-likeness (QED) is 0.680. The van der Waals surface area contributed by atoms with Crippen molar-refractivity contribution in [1.82, 2.24) is 9.88 Å². The third-order valence-corrected chi connectivity index (χ3v) is 4.47. The first-order chi connectivity index (χ1) is 12.8. The van der Waals surface area contributed by atoms with Crippen molar-refractivity contribution < 1.29 is 29.3 Å². The van der Waals surface area contributed by atoms with Gasteiger partial charge in [0, 0.05) is 25.7 Å². The van der Waals surface area contributed by atoms with Crippen molar-refractivity contribution in [3.63, 3.8) is 0 Å². The molecule has 148 valence electrons. The first-order valence-corrected chi connectivity index (χ1v) is 8.84. The highest BCUT2D eigenvalue weighted by Gasteiger charge is 2.29. The number of carboxylic acids is 2. The van der Waals surface area contributed by atoms with Gasteiger partial charge in [-0.15, -0.1) is 0 Å². The fraction of sp³-hybridized carbons (Fsp3) is 0.556. The van der Waals surface area contributed by atoms with Crippen molar-refractivity contribution >= 4 is 17.8 Å². The number of pyridine rings is 1. The summed E-state index contributed by atoms with van der Waals surface area (Å²) in [6, 6.07) is 1.68. The molecule has 2 aliphatic rings. The summed E-state index contributed by atoms with van der Waals surface area (Å²) < 4.78 is 5.24. The van der Waals surface area contributed by atoms with Crippen LogP contribution in [0.2, 0.25) is 0 Å². The van der Waals surface area contributed by atoms with Crippen LogP contribution in [0.3, 0.4) is 0 Å². The summed E-state index contributed by atoms with van der Waals surface area (Å²) in [5.41, 5.74) is 1.63. The van der Waals surface area contributed by atoms with Crippen LogP contribution in [0.5, 0.6) is 0 Å². The van der Waals surface area contributed by atoms with Crippen LogP contribution in [0.1, 0.15) is 41.4 Å². The maximum absolute atomic E-state index is 12.7. The van der Waals surface area contributed by atoms with Crippen molar-refractivity contribution in [2.24, 2.45) is 5.92 Å². The second-order valence-corrected chi connectivity index (χ2v) is 6.60. The number of hydrogen-bond donors (Lipinski definition) is 3. The minimum Gasteiger partial charge on any atom is -0.481 e. The van der Waals surface area contributed by atoms with E-state index in [-0.39, 0.29) is 25.3 Å². The standard InChI is InChI=1S/C16H20N2O5.C2H4O2/c19-14-12(7-10-3-1-2-4-13(10)17-14)15(20)18-5-6-23-9-11(8-18)16(21)22;1-2(3)4/h7,11H,1-6,8-9H2,(H,17,19)(H,21,22);1H3,(H,3,4). The molecule has 1 saturated heterocycles. The molecular formula is C18H24N2O7. The summed E-state index contributed by atoms with van der Waals surface area (Å²) in [4.78, 5) is 49.3. The van der Waals surface area contributed by atoms with E-state index >= 15 is 0 Å². The Bertz CT molecular complexity index is 767. The normalized spacial score (nSPS) is 19.1. The number of carbonyl (C=O) groups excluding carboxylic acids is 1. The number of ether oxygens (including phenoxy) is 1. The fourth-order valence-electron chi connectivity index (χ4n) is 3.15. The number of aromatic amines is 1. The number of aryl methyl sites for hydroxylation is 2. The molecule has 1 aliphatic carbocycles. The zero-order valence-corrected chi connectivity index (χ0v) is 15.2. The lowest BCUT2D eigenvalue weighted by Gasteiger charge is -2.22. The van der Waals surface area contributed by atoms with Gasteiger partial charge in [0.1, 0.15) is 5.56 Å². The number of aliphatic carboxylic acids is 2. The molecule has 9 heteroatoms. The fourth-order valence-corrected chi connectivity index (χ4v) is 3.15. The zero-order chi connectivity index (χ0) is 20.0. The largest absolute Gasteiger partial charge is 0.481 e. The van der Waals surface area contributed by atoms with Crippen LogP contribution >= 0.6 is 0 Å². The van der Waals surface area contributed by atoms with E-state index in [9.17, 15) is 14.4 Å². The maximum Gasteiger partial charge on any atom is 0.310 e. The molecule has 0 aromatic carbocycles. The summed E-state index contributed by atoms with van der Waals surface area (Å²) in [7, 11) is 0. The number of carbonyl (C=O) groups is 3. The van der Waals surface area contributed by atoms with Crippen LogP contribution in [-0.4, -0.2) is 64.2 Å². The Morgan fingerprint density at radius 2 is 1.89 bits per heavy atom. The molecule has 0 radical (unpaired) electrons. The summed E-state index contributed by atoms with van der Waals surface area (Å²) in [5.74, 6) is -3.02. The predicted octanol–water partition coefficient (Wildman–Crippen LogP) is 0.518. The van der Waals surface area contributed by atoms with Gasteiger partial charge < -0.3 is 24.8 Å². The second-order valence-electron chi connectivity index (χ2n) is 6.60. The van der Waals surface area contributed by atoms with E-state index in [2.05, 4.69) is 4.98 Å². The highest BCUT2D eigenvalue weighted by molar-refractivity contribution is 5.94. The summed E-state index contributed by atoms with van der Waals surface area (Å²) >= 11 is 0. The predicted molar refractivity (Wildman–Crippen MR) is 94.9 cm³/mol. The SMILES string of the molecule is CC(=O)O.O=C(O)C1COCCN(C(=O)c2cc3c([nH]c2=O)CCCC3)C1. The third-order valence-electron chi connectivity index (χ3n) is 4.47. The average Bonchev–Trinajstić information content (AvgIpc) is 2.86. The number of rotatable bonds is 2. The molecule has 1 amide bonds. The van der Waals surface area contributed by atoms with Gasteiger partial charge in [-0.25, -0.2) is 0 Å². The number of nitrogens with one attached hydrogen (secondary N) is 1. The van der Waals surface area contributed by atoms with Crippen molar-refractivity contribution in [2.45, 2.75) is 32.6 Å². The van der Waals surface area contributed by atoms with Crippen LogP contribution in [-0.2, 0) is 27.2 Å². The zero-order valence-electron chi connectivity index (χ0n) is 15.2. The lowest BCUT2D eigenvalue weighted by atomic mass is 9.95. The molecular weight excluding hydrogens is 356 g/mol. The number of carboxylic acid groups (broad SMARTS) is 2. The Kier molecular flexibility index (Phi) is 7.12. The summed E-state index contributed by atoms with van der Waals surface area (Å²) in [5, 5.41) is 16.6. The molecule has 0 saturated carbocycles. The molecule has 1 atom stereocenters. The summed E-state index contributed by atoms with van der Waals surface area (Å²) in [6.07, 6.45) is 3.77. The van der Waals surface area contributed by atoms with Crippen molar-refractivity contribution in [3.8, 4) is 0 Å². The van der Waals surface area contributed by atoms with Gasteiger partial charge >= 0.3 is 5.97 Å². The number of amides is 1. The van der Waals surface area contributed by atoms with Gasteiger partial charge in [0.05, 0.1) is 19.1 Å². The van der Waals surface area contributed by atoms with E-state index in [1.807, 2.05) is 0 Å². The van der Waals surface area contributed by atoms with Crippen LogP contribution in [0, 0.1) is 5.92 Å². The van der Waals surface area contributed by atoms with Gasteiger partial charge in [0.15, 0.2) is 0 Å². The monoisotopic (exact) mass is 380 g/mol. The maximum atomic E-state index is 12.7. The van der Waals surface area contributed by atoms with E-state index in [1.165, 1.54) is 4.90 Å². The minimum absolute atomic E-state index is 0.0602. The van der Waals surface area contributed by atoms with Gasteiger partial charge in [0.25, 0.3) is 17.4 Å². The van der Waals surface area contributed by atoms with E-state index in [1.54, 1.807) is 6.07 Å². The molecule has 2 heterocycles. The lowest BCUT2D eigenvalue weighted by Crippen LogP contribution is -2.40. The van der Waals surface area contributed by atoms with Crippen LogP contribution < -0.4 is 5.56 Å². The topological polar surface area (TPSA) is 137 Å². The Morgan fingerprint density at radius 3 is 2.56 bits per heavy atom. The lowest BCUT2D eigenvalue weighted by molar-refractivity contribution is -0.143. The Balaban J connectivity index is 0.000000596. The molecule has 1 unspecified atom stereocenters. The average molecular weight is 380 g/mol. The Morgan fingerprint density at radius 1 is 1.22 bits per heavy atom. The molecule has 1 aliphatic heterocycles. The molecule has 0 spiro atoms. The van der Waals surface area contributed by atoms with Crippen molar-refractivity contribution in [3.05, 3.63) is 33.2 Å². The number of fused-ring (bicyclic) bond motifs is 1. The molecule has 3 rings (SSSR count). The van der Waals surface area contributed by atoms with Crippen LogP contribution in [0.4, 0.5) is 0 Å². The van der Waals surface area contributed by atoms with Crippen molar-refractivity contribution in [1.29, 1.82) is 0 Å². The van der Waals surface area contributed by atoms with Gasteiger partial charge in [-0.05, 0) is 37.3 Å². The van der Waals surface area contributed by atoms with E-state index in [0.717, 1.165) is 43.9 Å². The molecule has 27 heavy (non-hydrogen) atoms. The van der Waals surface area contributed by atoms with Crippen LogP contribution in [0.15, 0.2) is 10.9 Å². The van der Waals surface area contributed by atoms with Crippen LogP contribution in [0.25, 0.3) is 0 Å². The highest BCUT2D eigenvalue weighted by Crippen LogP contribution is 2.19. The Hall–Kier alpha value is -2.68. The van der Waals surface area contributed by atoms with E-state index in [0.29, 0.717) is 6.54 Å². The van der Waals surface area contributed by atoms with Crippen molar-refractivity contribution in [2.75, 3.05) is 26.3 Å². The minimum atomic E-state index is -0.996. The van der Waals surface area contributed by atoms with Gasteiger partial charge in [-0.2, -0.15) is 0 Å². The molecule has 1 aromatic heterocycles. The number of hydrogen-bond acceptors (Lipinski definition) is 5. The van der Waals surface area contributed by atoms with E-state index < -0.39 is 29.3 Å². The first kappa shape index (κ1) is 20.6. The number of aromatic nitrogens is 1. The number of nitrogens with zero attached hydrogens (tertiary/aromatic N) is 1. The highest BCUT2D eigenvalue weighted by atomic mass is 16.5. The van der Waals surface area contributed by atoms with Gasteiger partial charge in [0.2, 0.25) is 0 Å². The number of H-pyrrole nitrogens is 1. The molecule has 9 nitrogen and oxygen atoms in total. The Labute approximate surface area is 155 Å². The molecule has 0 bridgehead atoms. The summed E-state index contributed by atoms with van der Waals surface area (Å²) in [6.45, 7) is 1.79. The second kappa shape index (κ2) is 9.31. The smallest absolute Gasteiger partial charge is 0.310 e. The molecule has 1 fully saturated rings. The van der Waals surface area contributed by atoms with Gasteiger partial charge in [-0.1, -0.05) is 0 Å². The van der Waals surface area contributed by atoms with E-state index in [4.69, 9.17) is 19.7 Å². The third kappa shape index (κ3) is 5.65. The first-order valence-electron chi connectivity index (χ1n) is 8.84. The molecule has 1 aromatic rings. The van der Waals surface area contributed by atoms with Gasteiger partial charge in [-0.3, -0.25) is 19.2 Å². The molecule has 3 N–H and O–H groups in total.